The van der Waals surface area contributed by atoms with Crippen molar-refractivity contribution in [1.29, 1.82) is 0 Å². The maximum Gasteiger partial charge on any atom is 0.128 e. The van der Waals surface area contributed by atoms with Crippen molar-refractivity contribution in [2.45, 2.75) is 37.9 Å². The summed E-state index contributed by atoms with van der Waals surface area (Å²) >= 11 is 5.22. The van der Waals surface area contributed by atoms with E-state index in [9.17, 15) is 0 Å². The molecule has 0 rings (SSSR count). The summed E-state index contributed by atoms with van der Waals surface area (Å²) in [6, 6.07) is 0. The smallest absolute Gasteiger partial charge is 0.128 e. The molecule has 0 bridgehead atoms. The molecular formula is C6H13ClO2. The number of halogens is 1. The summed E-state index contributed by atoms with van der Waals surface area (Å²) in [6.45, 7) is 1.89. The van der Waals surface area contributed by atoms with Crippen LogP contribution >= 0.6 is 11.6 Å². The summed E-state index contributed by atoms with van der Waals surface area (Å²) in [7, 11) is 0. The minimum absolute atomic E-state index is 0.307. The van der Waals surface area contributed by atoms with Gasteiger partial charge in [0.15, 0.2) is 0 Å². The number of hydrogen-bond donors (Lipinski definition) is 2. The van der Waals surface area contributed by atoms with Crippen molar-refractivity contribution in [2.75, 3.05) is 0 Å². The Morgan fingerprint density at radius 2 is 1.89 bits per heavy atom. The average Bonchev–Trinajstić information content (AvgIpc) is 1.83. The number of aliphatic hydroxyl groups is 2. The standard InChI is InChI=1S/C6H13ClO2/c1-2-5(8)3-4-6(7)9/h5-6,8-9H,2-4H2,1H3. The lowest BCUT2D eigenvalue weighted by atomic mass is 10.1. The second-order valence-electron chi connectivity index (χ2n) is 2.07. The lowest BCUT2D eigenvalue weighted by Crippen LogP contribution is -2.07. The molecule has 0 radical (unpaired) electrons. The van der Waals surface area contributed by atoms with Gasteiger partial charge in [-0.3, -0.25) is 0 Å². The van der Waals surface area contributed by atoms with Gasteiger partial charge in [-0.25, -0.2) is 0 Å². The first-order chi connectivity index (χ1) is 4.16. The van der Waals surface area contributed by atoms with Crippen LogP contribution in [-0.4, -0.2) is 21.9 Å². The third-order valence-corrected chi connectivity index (χ3v) is 1.43. The minimum atomic E-state index is -0.800. The fraction of sp³-hybridized carbons (Fsp3) is 1.00. The summed E-state index contributed by atoms with van der Waals surface area (Å²) in [5.41, 5.74) is -0.800. The zero-order valence-corrected chi connectivity index (χ0v) is 6.30. The first-order valence-corrected chi connectivity index (χ1v) is 3.60. The van der Waals surface area contributed by atoms with Crippen LogP contribution in [0.1, 0.15) is 26.2 Å². The molecule has 2 N–H and O–H groups in total. The molecule has 0 aliphatic carbocycles. The highest BCUT2D eigenvalue weighted by molar-refractivity contribution is 6.19. The molecule has 0 aromatic rings. The molecule has 0 aliphatic rings. The monoisotopic (exact) mass is 152 g/mol. The molecule has 0 aliphatic heterocycles. The third kappa shape index (κ3) is 6.09. The van der Waals surface area contributed by atoms with Crippen LogP contribution in [0.4, 0.5) is 0 Å². The van der Waals surface area contributed by atoms with Crippen LogP contribution in [0.25, 0.3) is 0 Å². The van der Waals surface area contributed by atoms with Gasteiger partial charge in [-0.1, -0.05) is 18.5 Å². The molecule has 0 aromatic heterocycles. The summed E-state index contributed by atoms with van der Waals surface area (Å²) in [5.74, 6) is 0. The number of hydrogen-bond acceptors (Lipinski definition) is 2. The van der Waals surface area contributed by atoms with E-state index >= 15 is 0 Å². The Morgan fingerprint density at radius 3 is 2.22 bits per heavy atom. The lowest BCUT2D eigenvalue weighted by Gasteiger charge is -2.06. The van der Waals surface area contributed by atoms with Gasteiger partial charge >= 0.3 is 0 Å². The molecule has 2 unspecified atom stereocenters. The number of alkyl halides is 1. The number of aliphatic hydroxyl groups excluding tert-OH is 2. The van der Waals surface area contributed by atoms with E-state index in [0.29, 0.717) is 12.8 Å². The fourth-order valence-electron chi connectivity index (χ4n) is 0.534. The predicted octanol–water partition coefficient (Wildman–Crippen LogP) is 1.09. The van der Waals surface area contributed by atoms with E-state index in [1.54, 1.807) is 0 Å². The average molecular weight is 153 g/mol. The number of rotatable bonds is 4. The molecule has 0 spiro atoms. The largest absolute Gasteiger partial charge is 0.393 e. The van der Waals surface area contributed by atoms with Crippen molar-refractivity contribution in [1.82, 2.24) is 0 Å². The molecule has 9 heavy (non-hydrogen) atoms. The molecule has 2 atom stereocenters. The Bertz CT molecular complexity index is 66.1. The molecular weight excluding hydrogens is 140 g/mol. The molecule has 0 saturated heterocycles. The van der Waals surface area contributed by atoms with E-state index < -0.39 is 5.56 Å². The second kappa shape index (κ2) is 5.03. The Morgan fingerprint density at radius 1 is 1.33 bits per heavy atom. The van der Waals surface area contributed by atoms with Crippen LogP contribution in [0.2, 0.25) is 0 Å². The normalized spacial score (nSPS) is 17.3. The van der Waals surface area contributed by atoms with Crippen LogP contribution in [0.5, 0.6) is 0 Å². The van der Waals surface area contributed by atoms with Gasteiger partial charge in [-0.2, -0.15) is 0 Å². The van der Waals surface area contributed by atoms with Crippen molar-refractivity contribution in [2.24, 2.45) is 0 Å². The summed E-state index contributed by atoms with van der Waals surface area (Å²) in [6.07, 6.45) is 1.47. The van der Waals surface area contributed by atoms with Crippen molar-refractivity contribution in [3.05, 3.63) is 0 Å². The van der Waals surface area contributed by atoms with E-state index in [2.05, 4.69) is 0 Å². The molecule has 2 nitrogen and oxygen atoms in total. The highest BCUT2D eigenvalue weighted by Gasteiger charge is 2.03. The fourth-order valence-corrected chi connectivity index (χ4v) is 0.660. The zero-order chi connectivity index (χ0) is 7.28. The maximum atomic E-state index is 8.94. The van der Waals surface area contributed by atoms with Crippen LogP contribution in [-0.2, 0) is 0 Å². The van der Waals surface area contributed by atoms with Gasteiger partial charge in [-0.05, 0) is 19.3 Å². The van der Waals surface area contributed by atoms with Gasteiger partial charge in [0, 0.05) is 0 Å². The molecule has 0 saturated carbocycles. The van der Waals surface area contributed by atoms with Gasteiger partial charge in [0.25, 0.3) is 0 Å². The van der Waals surface area contributed by atoms with Crippen molar-refractivity contribution >= 4 is 11.6 Å². The van der Waals surface area contributed by atoms with E-state index in [0.717, 1.165) is 6.42 Å². The van der Waals surface area contributed by atoms with Crippen molar-refractivity contribution in [3.8, 4) is 0 Å². The highest BCUT2D eigenvalue weighted by Crippen LogP contribution is 2.06. The van der Waals surface area contributed by atoms with Gasteiger partial charge in [-0.15, -0.1) is 0 Å². The molecule has 0 amide bonds. The highest BCUT2D eigenvalue weighted by atomic mass is 35.5. The van der Waals surface area contributed by atoms with Crippen LogP contribution in [0, 0.1) is 0 Å². The Labute approximate surface area is 60.5 Å². The van der Waals surface area contributed by atoms with Crippen LogP contribution in [0.15, 0.2) is 0 Å². The van der Waals surface area contributed by atoms with Gasteiger partial charge in [0.05, 0.1) is 6.10 Å². The second-order valence-corrected chi connectivity index (χ2v) is 2.58. The van der Waals surface area contributed by atoms with Crippen molar-refractivity contribution in [3.63, 3.8) is 0 Å². The van der Waals surface area contributed by atoms with Crippen molar-refractivity contribution < 1.29 is 10.2 Å². The molecule has 0 aromatic carbocycles. The molecule has 0 heterocycles. The quantitative estimate of drug-likeness (QED) is 0.593. The summed E-state index contributed by atoms with van der Waals surface area (Å²) in [4.78, 5) is 0. The van der Waals surface area contributed by atoms with E-state index in [1.165, 1.54) is 0 Å². The Hall–Kier alpha value is 0.210. The zero-order valence-electron chi connectivity index (χ0n) is 5.55. The molecule has 0 fully saturated rings. The minimum Gasteiger partial charge on any atom is -0.393 e. The maximum absolute atomic E-state index is 8.94. The predicted molar refractivity (Wildman–Crippen MR) is 37.4 cm³/mol. The SMILES string of the molecule is CCC(O)CCC(O)Cl. The third-order valence-electron chi connectivity index (χ3n) is 1.21. The topological polar surface area (TPSA) is 40.5 Å². The summed E-state index contributed by atoms with van der Waals surface area (Å²) < 4.78 is 0. The van der Waals surface area contributed by atoms with Gasteiger partial charge in [0.2, 0.25) is 0 Å². The van der Waals surface area contributed by atoms with E-state index in [4.69, 9.17) is 21.8 Å². The molecule has 56 valence electrons. The Balaban J connectivity index is 3.06. The van der Waals surface area contributed by atoms with E-state index in [-0.39, 0.29) is 6.10 Å². The first-order valence-electron chi connectivity index (χ1n) is 3.17. The summed E-state index contributed by atoms with van der Waals surface area (Å²) in [5, 5.41) is 17.5. The molecule has 3 heteroatoms. The Kier molecular flexibility index (Phi) is 5.15. The van der Waals surface area contributed by atoms with Gasteiger partial charge in [0.1, 0.15) is 5.56 Å². The van der Waals surface area contributed by atoms with Crippen LogP contribution in [0.3, 0.4) is 0 Å². The van der Waals surface area contributed by atoms with Crippen LogP contribution < -0.4 is 0 Å². The van der Waals surface area contributed by atoms with E-state index in [1.807, 2.05) is 6.92 Å². The van der Waals surface area contributed by atoms with Gasteiger partial charge < -0.3 is 10.2 Å². The lowest BCUT2D eigenvalue weighted by molar-refractivity contribution is 0.138. The first kappa shape index (κ1) is 9.21.